The van der Waals surface area contributed by atoms with Crippen LogP contribution in [0.1, 0.15) is 32.3 Å². The molecule has 0 aliphatic carbocycles. The summed E-state index contributed by atoms with van der Waals surface area (Å²) >= 11 is 6.06. The van der Waals surface area contributed by atoms with E-state index >= 15 is 0 Å². The van der Waals surface area contributed by atoms with Crippen LogP contribution in [0.5, 0.6) is 0 Å². The lowest BCUT2D eigenvalue weighted by molar-refractivity contribution is 0.120. The first kappa shape index (κ1) is 13.9. The molecule has 1 heterocycles. The van der Waals surface area contributed by atoms with Crippen molar-refractivity contribution in [2.75, 3.05) is 13.1 Å². The van der Waals surface area contributed by atoms with Crippen LogP contribution in [0.4, 0.5) is 0 Å². The minimum Gasteiger partial charge on any atom is -0.311 e. The minimum absolute atomic E-state index is 0.581. The quantitative estimate of drug-likeness (QED) is 0.900. The molecule has 100 valence electrons. The monoisotopic (exact) mass is 266 g/mol. The van der Waals surface area contributed by atoms with E-state index in [1.807, 2.05) is 12.1 Å². The van der Waals surface area contributed by atoms with Crippen LogP contribution in [0.3, 0.4) is 0 Å². The van der Waals surface area contributed by atoms with Gasteiger partial charge < -0.3 is 5.32 Å². The van der Waals surface area contributed by atoms with E-state index in [1.165, 1.54) is 18.4 Å². The molecule has 2 nitrogen and oxygen atoms in total. The summed E-state index contributed by atoms with van der Waals surface area (Å²) in [6, 6.07) is 9.47. The molecule has 0 amide bonds. The third-order valence-corrected chi connectivity index (χ3v) is 3.86. The summed E-state index contributed by atoms with van der Waals surface area (Å²) in [7, 11) is 0. The molecule has 18 heavy (non-hydrogen) atoms. The number of piperazine rings is 1. The summed E-state index contributed by atoms with van der Waals surface area (Å²) in [6.45, 7) is 7.76. The van der Waals surface area contributed by atoms with E-state index in [1.54, 1.807) is 0 Å². The highest BCUT2D eigenvalue weighted by molar-refractivity contribution is 6.30. The lowest BCUT2D eigenvalue weighted by Gasteiger charge is -2.39. The second-order valence-electron chi connectivity index (χ2n) is 5.31. The van der Waals surface area contributed by atoms with Gasteiger partial charge in [-0.25, -0.2) is 0 Å². The van der Waals surface area contributed by atoms with Gasteiger partial charge in [0, 0.05) is 36.7 Å². The van der Waals surface area contributed by atoms with Gasteiger partial charge in [0.2, 0.25) is 0 Å². The first-order valence-electron chi connectivity index (χ1n) is 6.91. The number of rotatable bonds is 4. The molecule has 1 saturated heterocycles. The molecule has 1 N–H and O–H groups in total. The molecule has 3 heteroatoms. The van der Waals surface area contributed by atoms with E-state index in [-0.39, 0.29) is 0 Å². The number of benzene rings is 1. The fraction of sp³-hybridized carbons (Fsp3) is 0.600. The zero-order chi connectivity index (χ0) is 13.0. The summed E-state index contributed by atoms with van der Waals surface area (Å²) in [4.78, 5) is 2.59. The maximum Gasteiger partial charge on any atom is 0.0409 e. The van der Waals surface area contributed by atoms with Crippen LogP contribution >= 0.6 is 11.6 Å². The predicted octanol–water partition coefficient (Wildman–Crippen LogP) is 3.30. The van der Waals surface area contributed by atoms with Crippen LogP contribution in [0, 0.1) is 0 Å². The summed E-state index contributed by atoms with van der Waals surface area (Å²) in [6.07, 6.45) is 2.51. The highest BCUT2D eigenvalue weighted by Gasteiger charge is 2.24. The molecule has 1 aromatic rings. The average Bonchev–Trinajstić information content (AvgIpc) is 2.33. The van der Waals surface area contributed by atoms with Crippen LogP contribution < -0.4 is 5.32 Å². The molecule has 0 bridgehead atoms. The van der Waals surface area contributed by atoms with E-state index in [9.17, 15) is 0 Å². The molecule has 2 rings (SSSR count). The van der Waals surface area contributed by atoms with Crippen molar-refractivity contribution < 1.29 is 0 Å². The zero-order valence-electron chi connectivity index (χ0n) is 11.3. The summed E-state index contributed by atoms with van der Waals surface area (Å²) in [5, 5.41) is 4.41. The Balaban J connectivity index is 2.03. The second kappa shape index (κ2) is 6.55. The second-order valence-corrected chi connectivity index (χ2v) is 5.75. The highest BCUT2D eigenvalue weighted by atomic mass is 35.5. The number of nitrogens with zero attached hydrogens (tertiary/aromatic N) is 1. The number of halogens is 1. The molecule has 1 aliphatic rings. The van der Waals surface area contributed by atoms with Crippen molar-refractivity contribution in [3.8, 4) is 0 Å². The Hall–Kier alpha value is -0.570. The Bertz CT molecular complexity index is 381. The van der Waals surface area contributed by atoms with Crippen molar-refractivity contribution in [3.63, 3.8) is 0 Å². The molecule has 1 fully saturated rings. The van der Waals surface area contributed by atoms with Crippen molar-refractivity contribution in [1.82, 2.24) is 10.2 Å². The van der Waals surface area contributed by atoms with Crippen LogP contribution in [0.15, 0.2) is 24.3 Å². The Morgan fingerprint density at radius 2 is 2.28 bits per heavy atom. The molecule has 0 aromatic heterocycles. The Kier molecular flexibility index (Phi) is 5.04. The molecule has 2 atom stereocenters. The van der Waals surface area contributed by atoms with E-state index in [2.05, 4.69) is 36.2 Å². The zero-order valence-corrected chi connectivity index (χ0v) is 12.1. The van der Waals surface area contributed by atoms with Gasteiger partial charge in [-0.2, -0.15) is 0 Å². The van der Waals surface area contributed by atoms with E-state index < -0.39 is 0 Å². The summed E-state index contributed by atoms with van der Waals surface area (Å²) in [5.74, 6) is 0. The maximum atomic E-state index is 6.06. The molecular weight excluding hydrogens is 244 g/mol. The number of hydrogen-bond acceptors (Lipinski definition) is 2. The average molecular weight is 267 g/mol. The van der Waals surface area contributed by atoms with Crippen molar-refractivity contribution in [1.29, 1.82) is 0 Å². The Morgan fingerprint density at radius 1 is 1.44 bits per heavy atom. The molecule has 0 saturated carbocycles. The van der Waals surface area contributed by atoms with E-state index in [4.69, 9.17) is 11.6 Å². The van der Waals surface area contributed by atoms with Gasteiger partial charge >= 0.3 is 0 Å². The lowest BCUT2D eigenvalue weighted by Crippen LogP contribution is -2.54. The van der Waals surface area contributed by atoms with Gasteiger partial charge in [-0.05, 0) is 31.0 Å². The smallest absolute Gasteiger partial charge is 0.0409 e. The highest BCUT2D eigenvalue weighted by Crippen LogP contribution is 2.18. The molecule has 0 radical (unpaired) electrons. The van der Waals surface area contributed by atoms with Crippen molar-refractivity contribution >= 4 is 11.6 Å². The van der Waals surface area contributed by atoms with Gasteiger partial charge in [-0.15, -0.1) is 0 Å². The topological polar surface area (TPSA) is 15.3 Å². The van der Waals surface area contributed by atoms with Crippen molar-refractivity contribution in [2.45, 2.75) is 45.3 Å². The van der Waals surface area contributed by atoms with Crippen LogP contribution in [-0.2, 0) is 6.54 Å². The molecular formula is C15H23ClN2. The minimum atomic E-state index is 0.581. The van der Waals surface area contributed by atoms with Crippen molar-refractivity contribution in [3.05, 3.63) is 34.9 Å². The lowest BCUT2D eigenvalue weighted by atomic mass is 10.0. The van der Waals surface area contributed by atoms with E-state index in [0.29, 0.717) is 12.1 Å². The summed E-state index contributed by atoms with van der Waals surface area (Å²) in [5.41, 5.74) is 1.32. The number of hydrogen-bond donors (Lipinski definition) is 1. The third kappa shape index (κ3) is 3.71. The normalized spacial score (nSPS) is 25.3. The van der Waals surface area contributed by atoms with Crippen molar-refractivity contribution in [2.24, 2.45) is 0 Å². The first-order valence-corrected chi connectivity index (χ1v) is 7.28. The Labute approximate surface area is 115 Å². The Morgan fingerprint density at radius 3 is 3.00 bits per heavy atom. The molecule has 0 spiro atoms. The fourth-order valence-corrected chi connectivity index (χ4v) is 2.93. The van der Waals surface area contributed by atoms with Crippen LogP contribution in [0.25, 0.3) is 0 Å². The van der Waals surface area contributed by atoms with Gasteiger partial charge in [-0.1, -0.05) is 37.1 Å². The van der Waals surface area contributed by atoms with Gasteiger partial charge in [0.15, 0.2) is 0 Å². The molecule has 2 unspecified atom stereocenters. The molecule has 1 aromatic carbocycles. The third-order valence-electron chi connectivity index (χ3n) is 3.62. The van der Waals surface area contributed by atoms with Gasteiger partial charge in [0.1, 0.15) is 0 Å². The van der Waals surface area contributed by atoms with Gasteiger partial charge in [-0.3, -0.25) is 4.90 Å². The maximum absolute atomic E-state index is 6.06. The van der Waals surface area contributed by atoms with E-state index in [0.717, 1.165) is 24.7 Å². The van der Waals surface area contributed by atoms with Gasteiger partial charge in [0.25, 0.3) is 0 Å². The largest absolute Gasteiger partial charge is 0.311 e. The van der Waals surface area contributed by atoms with Crippen LogP contribution in [0.2, 0.25) is 5.02 Å². The van der Waals surface area contributed by atoms with Gasteiger partial charge in [0.05, 0.1) is 0 Å². The van der Waals surface area contributed by atoms with Crippen LogP contribution in [-0.4, -0.2) is 30.1 Å². The predicted molar refractivity (Wildman–Crippen MR) is 78.0 cm³/mol. The summed E-state index contributed by atoms with van der Waals surface area (Å²) < 4.78 is 0. The first-order chi connectivity index (χ1) is 8.69. The fourth-order valence-electron chi connectivity index (χ4n) is 2.71. The number of nitrogens with one attached hydrogen (secondary N) is 1. The SMILES string of the molecule is CCCC1CNC(C)CN1Cc1cccc(Cl)c1. The standard InChI is InChI=1S/C15H23ClN2/c1-3-5-15-9-17-12(2)10-18(15)11-13-6-4-7-14(16)8-13/h4,6-8,12,15,17H,3,5,9-11H2,1-2H3. The molecule has 1 aliphatic heterocycles.